The minimum Gasteiger partial charge on any atom is -0.465 e. The fourth-order valence-corrected chi connectivity index (χ4v) is 6.04. The second kappa shape index (κ2) is 13.0. The molecule has 0 saturated heterocycles. The molecule has 1 N–H and O–H groups in total. The smallest absolute Gasteiger partial charge is 0.327 e. The molecule has 2 aliphatic heterocycles. The maximum absolute atomic E-state index is 13.8. The standard InChI is InChI=1S/C32H33ClN8O4/c1-3-45-30(43)19-39-18-26-31(37-39)22-9-11-34-25(15-22)28(6-4-5-20(2)32(44)36-26)40-13-10-21(16-29(40)42)24-17-23(33)7-8-27(24)41-14-12-35-38-41/h7-9,11-12,14-18,20,28H,3-6,10,13,19H2,1-2H3,(H,36,44). The first-order valence-electron chi connectivity index (χ1n) is 15.0. The summed E-state index contributed by atoms with van der Waals surface area (Å²) in [6, 6.07) is 8.91. The number of rotatable bonds is 6. The number of hydrogen-bond donors (Lipinski definition) is 1. The van der Waals surface area contributed by atoms with Gasteiger partial charge in [0.2, 0.25) is 11.8 Å². The summed E-state index contributed by atoms with van der Waals surface area (Å²) >= 11 is 6.37. The van der Waals surface area contributed by atoms with Crippen molar-refractivity contribution in [2.45, 2.75) is 52.1 Å². The minimum absolute atomic E-state index is 0.0883. The molecule has 0 radical (unpaired) electrons. The third kappa shape index (κ3) is 6.51. The molecule has 0 spiro atoms. The van der Waals surface area contributed by atoms with Crippen LogP contribution in [0.4, 0.5) is 5.69 Å². The highest BCUT2D eigenvalue weighted by Crippen LogP contribution is 2.37. The first-order valence-corrected chi connectivity index (χ1v) is 15.4. The number of nitrogens with zero attached hydrogens (tertiary/aromatic N) is 7. The summed E-state index contributed by atoms with van der Waals surface area (Å²) in [7, 11) is 0. The van der Waals surface area contributed by atoms with Crippen molar-refractivity contribution in [3.63, 3.8) is 0 Å². The molecule has 1 aromatic carbocycles. The third-order valence-electron chi connectivity index (χ3n) is 8.13. The number of carbonyl (C=O) groups is 3. The van der Waals surface area contributed by atoms with E-state index in [1.165, 1.54) is 4.68 Å². The number of aromatic nitrogens is 6. The van der Waals surface area contributed by atoms with Gasteiger partial charge in [-0.05, 0) is 62.1 Å². The van der Waals surface area contributed by atoms with Crippen LogP contribution in [0.5, 0.6) is 0 Å². The van der Waals surface area contributed by atoms with Gasteiger partial charge in [0, 0.05) is 47.1 Å². The molecular weight excluding hydrogens is 596 g/mol. The van der Waals surface area contributed by atoms with E-state index >= 15 is 0 Å². The Hall–Kier alpha value is -4.84. The van der Waals surface area contributed by atoms with Crippen molar-refractivity contribution < 1.29 is 19.1 Å². The lowest BCUT2D eigenvalue weighted by Crippen LogP contribution is -2.38. The molecule has 3 aromatic heterocycles. The normalized spacial score (nSPS) is 18.7. The highest BCUT2D eigenvalue weighted by molar-refractivity contribution is 6.30. The zero-order chi connectivity index (χ0) is 31.5. The van der Waals surface area contributed by atoms with Gasteiger partial charge in [-0.2, -0.15) is 5.10 Å². The van der Waals surface area contributed by atoms with Crippen molar-refractivity contribution in [1.29, 1.82) is 0 Å². The van der Waals surface area contributed by atoms with E-state index in [9.17, 15) is 14.4 Å². The molecule has 12 nitrogen and oxygen atoms in total. The van der Waals surface area contributed by atoms with E-state index in [0.29, 0.717) is 54.2 Å². The van der Waals surface area contributed by atoms with E-state index < -0.39 is 5.97 Å². The fourth-order valence-electron chi connectivity index (χ4n) is 5.87. The predicted octanol–water partition coefficient (Wildman–Crippen LogP) is 4.86. The summed E-state index contributed by atoms with van der Waals surface area (Å²) in [6.07, 6.45) is 10.9. The Morgan fingerprint density at radius 3 is 2.80 bits per heavy atom. The molecule has 13 heteroatoms. The first-order chi connectivity index (χ1) is 21.8. The fraction of sp³-hybridized carbons (Fsp3) is 0.344. The van der Waals surface area contributed by atoms with Gasteiger partial charge in [0.05, 0.1) is 42.1 Å². The van der Waals surface area contributed by atoms with Crippen LogP contribution in [0.25, 0.3) is 22.5 Å². The minimum atomic E-state index is -0.423. The Morgan fingerprint density at radius 2 is 2.02 bits per heavy atom. The monoisotopic (exact) mass is 628 g/mol. The van der Waals surface area contributed by atoms with Gasteiger partial charge in [-0.25, -0.2) is 4.68 Å². The second-order valence-corrected chi connectivity index (χ2v) is 11.6. The van der Waals surface area contributed by atoms with Crippen molar-refractivity contribution >= 4 is 40.6 Å². The lowest BCUT2D eigenvalue weighted by Gasteiger charge is -2.34. The number of benzene rings is 1. The molecule has 45 heavy (non-hydrogen) atoms. The van der Waals surface area contributed by atoms with Gasteiger partial charge in [-0.3, -0.25) is 24.0 Å². The molecule has 6 rings (SSSR count). The number of ether oxygens (including phenoxy) is 1. The van der Waals surface area contributed by atoms with Gasteiger partial charge < -0.3 is 15.0 Å². The number of pyridine rings is 1. The number of carbonyl (C=O) groups excluding carboxylic acids is 3. The first kappa shape index (κ1) is 30.2. The molecule has 2 unspecified atom stereocenters. The van der Waals surface area contributed by atoms with Crippen molar-refractivity contribution in [2.75, 3.05) is 18.5 Å². The summed E-state index contributed by atoms with van der Waals surface area (Å²) in [5.41, 5.74) is 4.93. The summed E-state index contributed by atoms with van der Waals surface area (Å²) in [6.45, 7) is 4.27. The average Bonchev–Trinajstić information content (AvgIpc) is 3.70. The highest BCUT2D eigenvalue weighted by Gasteiger charge is 2.31. The summed E-state index contributed by atoms with van der Waals surface area (Å²) in [5.74, 6) is -0.965. The Labute approximate surface area is 265 Å². The van der Waals surface area contributed by atoms with Crippen LogP contribution in [-0.4, -0.2) is 65.6 Å². The maximum atomic E-state index is 13.8. The number of fused-ring (bicyclic) bond motifs is 4. The van der Waals surface area contributed by atoms with E-state index in [0.717, 1.165) is 22.5 Å². The van der Waals surface area contributed by atoms with E-state index in [1.54, 1.807) is 48.5 Å². The van der Waals surface area contributed by atoms with Gasteiger partial charge in [0.25, 0.3) is 0 Å². The van der Waals surface area contributed by atoms with Crippen LogP contribution in [0, 0.1) is 5.92 Å². The van der Waals surface area contributed by atoms with Gasteiger partial charge in [-0.15, -0.1) is 5.10 Å². The molecule has 4 aromatic rings. The predicted molar refractivity (Wildman–Crippen MR) is 167 cm³/mol. The van der Waals surface area contributed by atoms with Crippen molar-refractivity contribution in [1.82, 2.24) is 34.7 Å². The second-order valence-electron chi connectivity index (χ2n) is 11.2. The van der Waals surface area contributed by atoms with E-state index in [2.05, 4.69) is 20.7 Å². The molecule has 5 heterocycles. The van der Waals surface area contributed by atoms with Crippen LogP contribution < -0.4 is 5.32 Å². The Kier molecular flexibility index (Phi) is 8.74. The van der Waals surface area contributed by atoms with Crippen molar-refractivity contribution in [2.24, 2.45) is 5.92 Å². The molecule has 0 fully saturated rings. The Morgan fingerprint density at radius 1 is 1.16 bits per heavy atom. The Balaban J connectivity index is 1.34. The molecule has 2 bridgehead atoms. The number of nitrogens with one attached hydrogen (secondary N) is 1. The number of amides is 2. The molecule has 2 amide bonds. The number of anilines is 1. The van der Waals surface area contributed by atoms with Crippen molar-refractivity contribution in [3.05, 3.63) is 77.5 Å². The lowest BCUT2D eigenvalue weighted by atomic mass is 9.93. The van der Waals surface area contributed by atoms with Crippen LogP contribution >= 0.6 is 11.6 Å². The van der Waals surface area contributed by atoms with Gasteiger partial charge >= 0.3 is 5.97 Å². The maximum Gasteiger partial charge on any atom is 0.327 e. The SMILES string of the molecule is CCOC(=O)Cn1cc2c(n1)-c1ccnc(c1)C(N1CCC(c3cc(Cl)ccc3-n3ccnn3)=CC1=O)CCCC(C)C(=O)N2. The number of halogens is 1. The van der Waals surface area contributed by atoms with Crippen LogP contribution in [-0.2, 0) is 25.7 Å². The van der Waals surface area contributed by atoms with Crippen LogP contribution in [0.2, 0.25) is 5.02 Å². The quantitative estimate of drug-likeness (QED) is 0.299. The zero-order valence-electron chi connectivity index (χ0n) is 25.0. The molecular formula is C32H33ClN8O4. The van der Waals surface area contributed by atoms with E-state index in [1.807, 2.05) is 36.1 Å². The molecule has 0 aliphatic carbocycles. The average molecular weight is 629 g/mol. The van der Waals surface area contributed by atoms with Crippen molar-refractivity contribution in [3.8, 4) is 16.9 Å². The highest BCUT2D eigenvalue weighted by atomic mass is 35.5. The Bertz CT molecular complexity index is 1770. The lowest BCUT2D eigenvalue weighted by molar-refractivity contribution is -0.144. The van der Waals surface area contributed by atoms with Crippen LogP contribution in [0.3, 0.4) is 0 Å². The summed E-state index contributed by atoms with van der Waals surface area (Å²) in [5, 5.41) is 16.2. The topological polar surface area (TPSA) is 137 Å². The van der Waals surface area contributed by atoms with Crippen LogP contribution in [0.15, 0.2) is 61.2 Å². The van der Waals surface area contributed by atoms with Gasteiger partial charge in [0.1, 0.15) is 12.2 Å². The van der Waals surface area contributed by atoms with Crippen LogP contribution in [0.1, 0.15) is 56.8 Å². The van der Waals surface area contributed by atoms with Gasteiger partial charge in [0.15, 0.2) is 0 Å². The van der Waals surface area contributed by atoms with Gasteiger partial charge in [-0.1, -0.05) is 30.2 Å². The largest absolute Gasteiger partial charge is 0.465 e. The molecule has 2 atom stereocenters. The number of esters is 1. The zero-order valence-corrected chi connectivity index (χ0v) is 25.8. The summed E-state index contributed by atoms with van der Waals surface area (Å²) < 4.78 is 8.21. The summed E-state index contributed by atoms with van der Waals surface area (Å²) in [4.78, 5) is 45.7. The van der Waals surface area contributed by atoms with E-state index in [4.69, 9.17) is 21.3 Å². The number of hydrogen-bond acceptors (Lipinski definition) is 8. The van der Waals surface area contributed by atoms with E-state index in [-0.39, 0.29) is 36.9 Å². The third-order valence-corrected chi connectivity index (χ3v) is 8.36. The molecule has 2 aliphatic rings. The molecule has 0 saturated carbocycles. The molecule has 232 valence electrons.